The van der Waals surface area contributed by atoms with Crippen LogP contribution in [0.3, 0.4) is 0 Å². The van der Waals surface area contributed by atoms with Crippen molar-refractivity contribution in [2.24, 2.45) is 0 Å². The maximum Gasteiger partial charge on any atom is 0.216 e. The summed E-state index contributed by atoms with van der Waals surface area (Å²) in [6, 6.07) is 0. The molecule has 3 heterocycles. The molecule has 0 amide bonds. The highest BCUT2D eigenvalue weighted by atomic mass is 16.6. The zero-order valence-electron chi connectivity index (χ0n) is 9.51. The number of fused-ring (bicyclic) bond motifs is 1. The molecule has 0 spiro atoms. The topological polar surface area (TPSA) is 87.3 Å². The number of rotatable bonds is 5. The molecule has 96 valence electrons. The van der Waals surface area contributed by atoms with Crippen molar-refractivity contribution in [3.63, 3.8) is 0 Å². The predicted octanol–water partition coefficient (Wildman–Crippen LogP) is 0.922. The van der Waals surface area contributed by atoms with Crippen molar-refractivity contribution in [1.82, 2.24) is 0 Å². The molecular weight excluding hydrogens is 240 g/mol. The third-order valence-corrected chi connectivity index (χ3v) is 3.22. The van der Waals surface area contributed by atoms with Crippen LogP contribution in [-0.2, 0) is 15.9 Å². The molecule has 1 aromatic carbocycles. The molecule has 6 nitrogen and oxygen atoms in total. The van der Waals surface area contributed by atoms with Crippen LogP contribution in [0.2, 0.25) is 0 Å². The molecule has 18 heavy (non-hydrogen) atoms. The minimum absolute atomic E-state index is 0.0846. The van der Waals surface area contributed by atoms with E-state index in [-0.39, 0.29) is 29.5 Å². The van der Waals surface area contributed by atoms with Gasteiger partial charge in [-0.2, -0.15) is 0 Å². The van der Waals surface area contributed by atoms with E-state index in [9.17, 15) is 10.2 Å². The molecule has 1 aromatic rings. The van der Waals surface area contributed by atoms with E-state index >= 15 is 0 Å². The first-order chi connectivity index (χ1) is 8.74. The molecule has 2 fully saturated rings. The second-order valence-electron chi connectivity index (χ2n) is 4.69. The fourth-order valence-corrected chi connectivity index (χ4v) is 1.99. The molecule has 0 radical (unpaired) electrons. The Bertz CT molecular complexity index is 518. The van der Waals surface area contributed by atoms with Gasteiger partial charge in [-0.3, -0.25) is 0 Å². The number of hydrogen-bond donors (Lipinski definition) is 2. The number of benzene rings is 1. The third kappa shape index (κ3) is 1.65. The monoisotopic (exact) mass is 252 g/mol. The Kier molecular flexibility index (Phi) is 1.96. The summed E-state index contributed by atoms with van der Waals surface area (Å²) in [6.45, 7) is 1.75. The maximum atomic E-state index is 9.92. The Morgan fingerprint density at radius 3 is 2.44 bits per heavy atom. The summed E-state index contributed by atoms with van der Waals surface area (Å²) in [5.74, 6) is 0.722. The summed E-state index contributed by atoms with van der Waals surface area (Å²) in [4.78, 5) is 0. The Balaban J connectivity index is 1.67. The fourth-order valence-electron chi connectivity index (χ4n) is 1.99. The standard InChI is InChI=1S/C12H12O6/c13-8-9(14)12-11(18-12)7(1-5-2-15-5)10(8)17-4-6-3-16-6/h5-6,13-14H,1-4H2. The first kappa shape index (κ1) is 10.3. The maximum absolute atomic E-state index is 9.92. The van der Waals surface area contributed by atoms with Crippen LogP contribution in [0.15, 0.2) is 0 Å². The van der Waals surface area contributed by atoms with Gasteiger partial charge in [0.15, 0.2) is 11.5 Å². The smallest absolute Gasteiger partial charge is 0.216 e. The molecule has 3 aliphatic rings. The molecule has 0 aromatic heterocycles. The summed E-state index contributed by atoms with van der Waals surface area (Å²) in [6.07, 6.45) is 0.861. The molecular formula is C12H12O6. The van der Waals surface area contributed by atoms with Gasteiger partial charge < -0.3 is 29.2 Å². The molecule has 4 rings (SSSR count). The summed E-state index contributed by atoms with van der Waals surface area (Å²) < 4.78 is 21.0. The molecule has 0 bridgehead atoms. The van der Waals surface area contributed by atoms with Crippen molar-refractivity contribution in [2.45, 2.75) is 18.6 Å². The summed E-state index contributed by atoms with van der Waals surface area (Å²) in [7, 11) is 0. The van der Waals surface area contributed by atoms with Gasteiger partial charge in [0.1, 0.15) is 12.7 Å². The van der Waals surface area contributed by atoms with Crippen molar-refractivity contribution in [3.05, 3.63) is 5.56 Å². The van der Waals surface area contributed by atoms with Crippen LogP contribution in [-0.4, -0.2) is 42.2 Å². The highest BCUT2D eigenvalue weighted by Gasteiger charge is 2.39. The normalized spacial score (nSPS) is 26.2. The second kappa shape index (κ2) is 3.43. The number of aromatic hydroxyl groups is 2. The average molecular weight is 252 g/mol. The van der Waals surface area contributed by atoms with E-state index in [1.54, 1.807) is 0 Å². The van der Waals surface area contributed by atoms with Crippen molar-refractivity contribution in [1.29, 1.82) is 0 Å². The lowest BCUT2D eigenvalue weighted by molar-refractivity contribution is 0.249. The third-order valence-electron chi connectivity index (χ3n) is 3.22. The summed E-state index contributed by atoms with van der Waals surface area (Å²) in [5.41, 5.74) is 0.767. The van der Waals surface area contributed by atoms with Gasteiger partial charge in [0.2, 0.25) is 17.2 Å². The first-order valence-corrected chi connectivity index (χ1v) is 5.88. The van der Waals surface area contributed by atoms with E-state index in [2.05, 4.69) is 0 Å². The predicted molar refractivity (Wildman–Crippen MR) is 58.5 cm³/mol. The molecule has 6 heteroatoms. The molecule has 0 aliphatic carbocycles. The fraction of sp³-hybridized carbons (Fsp3) is 0.500. The summed E-state index contributed by atoms with van der Waals surface area (Å²) in [5, 5.41) is 19.6. The van der Waals surface area contributed by atoms with Crippen LogP contribution in [0.5, 0.6) is 28.7 Å². The molecule has 3 aliphatic heterocycles. The van der Waals surface area contributed by atoms with E-state index in [0.717, 1.165) is 5.56 Å². The number of hydrogen-bond acceptors (Lipinski definition) is 6. The zero-order chi connectivity index (χ0) is 12.3. The lowest BCUT2D eigenvalue weighted by Crippen LogP contribution is -2.06. The van der Waals surface area contributed by atoms with Gasteiger partial charge in [0.25, 0.3) is 0 Å². The molecule has 2 atom stereocenters. The Hall–Kier alpha value is -1.66. The van der Waals surface area contributed by atoms with Gasteiger partial charge in [-0.05, 0) is 0 Å². The Morgan fingerprint density at radius 2 is 1.78 bits per heavy atom. The Labute approximate surface area is 103 Å². The first-order valence-electron chi connectivity index (χ1n) is 5.88. The summed E-state index contributed by atoms with van der Waals surface area (Å²) >= 11 is 0. The van der Waals surface area contributed by atoms with Crippen molar-refractivity contribution < 1.29 is 29.2 Å². The minimum atomic E-state index is -0.262. The van der Waals surface area contributed by atoms with Crippen LogP contribution < -0.4 is 9.47 Å². The largest absolute Gasteiger partial charge is 0.502 e. The number of phenolic OH excluding ortho intramolecular Hbond substituents is 2. The number of phenols is 2. The van der Waals surface area contributed by atoms with E-state index in [1.807, 2.05) is 0 Å². The highest BCUT2D eigenvalue weighted by Crippen LogP contribution is 2.63. The zero-order valence-corrected chi connectivity index (χ0v) is 9.51. The van der Waals surface area contributed by atoms with Crippen LogP contribution >= 0.6 is 0 Å². The van der Waals surface area contributed by atoms with Gasteiger partial charge in [0.05, 0.1) is 19.3 Å². The quantitative estimate of drug-likeness (QED) is 0.608. The van der Waals surface area contributed by atoms with Crippen LogP contribution in [0.4, 0.5) is 0 Å². The van der Waals surface area contributed by atoms with Crippen LogP contribution in [0.25, 0.3) is 0 Å². The van der Waals surface area contributed by atoms with Crippen molar-refractivity contribution >= 4 is 0 Å². The molecule has 2 unspecified atom stereocenters. The highest BCUT2D eigenvalue weighted by molar-refractivity contribution is 5.76. The SMILES string of the molecule is Oc1c(O)c2c(c(CC3CO3)c1OCC1CO1)O2. The van der Waals surface area contributed by atoms with Gasteiger partial charge in [0, 0.05) is 12.0 Å². The van der Waals surface area contributed by atoms with Crippen LogP contribution in [0.1, 0.15) is 5.56 Å². The van der Waals surface area contributed by atoms with Crippen molar-refractivity contribution in [2.75, 3.05) is 19.8 Å². The lowest BCUT2D eigenvalue weighted by Gasteiger charge is -2.10. The van der Waals surface area contributed by atoms with Gasteiger partial charge >= 0.3 is 0 Å². The van der Waals surface area contributed by atoms with Gasteiger partial charge in [-0.25, -0.2) is 0 Å². The minimum Gasteiger partial charge on any atom is -0.502 e. The molecule has 0 saturated carbocycles. The molecule has 2 saturated heterocycles. The number of ether oxygens (including phenoxy) is 4. The van der Waals surface area contributed by atoms with E-state index in [4.69, 9.17) is 18.9 Å². The lowest BCUT2D eigenvalue weighted by atomic mass is 10.1. The number of epoxide rings is 2. The average Bonchev–Trinajstić information content (AvgIpc) is 3.22. The van der Waals surface area contributed by atoms with Crippen molar-refractivity contribution in [3.8, 4) is 28.7 Å². The van der Waals surface area contributed by atoms with E-state index < -0.39 is 0 Å². The van der Waals surface area contributed by atoms with E-state index in [1.165, 1.54) is 0 Å². The Morgan fingerprint density at radius 1 is 1.06 bits per heavy atom. The van der Waals surface area contributed by atoms with E-state index in [0.29, 0.717) is 37.7 Å². The van der Waals surface area contributed by atoms with Gasteiger partial charge in [-0.15, -0.1) is 0 Å². The van der Waals surface area contributed by atoms with Crippen LogP contribution in [0, 0.1) is 0 Å². The van der Waals surface area contributed by atoms with Gasteiger partial charge in [-0.1, -0.05) is 0 Å². The second-order valence-corrected chi connectivity index (χ2v) is 4.69. The molecule has 2 N–H and O–H groups in total.